The largest absolute Gasteiger partial charge is 0.490 e. The van der Waals surface area contributed by atoms with Crippen LogP contribution in [0.2, 0.25) is 0 Å². The number of rotatable bonds is 20. The van der Waals surface area contributed by atoms with Crippen LogP contribution in [0.25, 0.3) is 10.4 Å². The molecule has 0 aliphatic carbocycles. The Balaban J connectivity index is 0. The molecule has 0 radical (unpaired) electrons. The summed E-state index contributed by atoms with van der Waals surface area (Å²) in [5, 5.41) is 3.16. The molecule has 332 valence electrons. The third-order valence-electron chi connectivity index (χ3n) is 8.04. The summed E-state index contributed by atoms with van der Waals surface area (Å²) < 4.78 is 57.7. The Hall–Kier alpha value is -2.28. The van der Waals surface area contributed by atoms with E-state index in [1.165, 1.54) is 58.9 Å². The molecule has 7 N–H and O–H groups in total. The molecule has 1 aliphatic rings. The van der Waals surface area contributed by atoms with E-state index in [9.17, 15) is 33.1 Å². The molecule has 0 bridgehead atoms. The van der Waals surface area contributed by atoms with Gasteiger partial charge in [0.15, 0.2) is 0 Å². The SMILES string of the molecule is CCN(CC)CC.CCN(CC)CC.CCN(CC)CC.[N-]=[N+]=NCO[C@H]1C[C@H](n2cc(C#CCN)c(=O)[nH]c2=O)O[C@@H]1COP(=O)(O)OP(=O)(O)OP(=O)(O)O. The van der Waals surface area contributed by atoms with Gasteiger partial charge >= 0.3 is 29.2 Å². The van der Waals surface area contributed by atoms with E-state index >= 15 is 0 Å². The van der Waals surface area contributed by atoms with Gasteiger partial charge < -0.3 is 49.5 Å². The fourth-order valence-corrected chi connectivity index (χ4v) is 7.80. The molecule has 23 nitrogen and oxygen atoms in total. The van der Waals surface area contributed by atoms with Crippen LogP contribution in [-0.2, 0) is 36.3 Å². The van der Waals surface area contributed by atoms with Crippen LogP contribution >= 0.6 is 23.5 Å². The smallest absolute Gasteiger partial charge is 0.369 e. The lowest BCUT2D eigenvalue weighted by atomic mass is 10.2. The summed E-state index contributed by atoms with van der Waals surface area (Å²) in [5.74, 6) is 4.90. The van der Waals surface area contributed by atoms with Crippen molar-refractivity contribution in [1.29, 1.82) is 0 Å². The van der Waals surface area contributed by atoms with Crippen molar-refractivity contribution in [3.8, 4) is 11.8 Å². The molecule has 0 amide bonds. The number of H-pyrrole nitrogens is 1. The minimum Gasteiger partial charge on any atom is -0.369 e. The van der Waals surface area contributed by atoms with Gasteiger partial charge in [0.1, 0.15) is 24.6 Å². The first-order valence-corrected chi connectivity index (χ1v) is 23.0. The molecule has 2 rings (SSSR count). The zero-order chi connectivity index (χ0) is 44.2. The molecule has 2 heterocycles. The van der Waals surface area contributed by atoms with Gasteiger partial charge in [0.2, 0.25) is 0 Å². The van der Waals surface area contributed by atoms with Crippen LogP contribution in [0.3, 0.4) is 0 Å². The monoisotopic (exact) mass is 879 g/mol. The average molecular weight is 880 g/mol. The van der Waals surface area contributed by atoms with Crippen LogP contribution in [-0.4, -0.2) is 135 Å². The molecule has 1 aromatic rings. The Morgan fingerprint density at radius 2 is 1.35 bits per heavy atom. The van der Waals surface area contributed by atoms with Crippen LogP contribution in [0.1, 0.15) is 80.5 Å². The molecule has 5 atom stereocenters. The number of azide groups is 1. The van der Waals surface area contributed by atoms with E-state index in [4.69, 9.17) is 30.5 Å². The minimum absolute atomic E-state index is 0.0729. The van der Waals surface area contributed by atoms with Gasteiger partial charge in [0.05, 0.1) is 19.3 Å². The molecule has 1 saturated heterocycles. The summed E-state index contributed by atoms with van der Waals surface area (Å²) in [5.41, 5.74) is 11.8. The van der Waals surface area contributed by atoms with Gasteiger partial charge in [-0.15, -0.1) is 0 Å². The minimum atomic E-state index is -5.75. The van der Waals surface area contributed by atoms with Crippen LogP contribution in [0.15, 0.2) is 20.9 Å². The fraction of sp³-hybridized carbons (Fsp3) is 0.806. The second-order valence-corrected chi connectivity index (χ2v) is 15.8. The van der Waals surface area contributed by atoms with Crippen LogP contribution in [0.5, 0.6) is 0 Å². The lowest BCUT2D eigenvalue weighted by molar-refractivity contribution is -0.0601. The second-order valence-electron chi connectivity index (χ2n) is 11.4. The first-order chi connectivity index (χ1) is 26.7. The molecule has 0 spiro atoms. The first-order valence-electron chi connectivity index (χ1n) is 18.5. The molecular weight excluding hydrogens is 815 g/mol. The highest BCUT2D eigenvalue weighted by Gasteiger charge is 2.43. The van der Waals surface area contributed by atoms with Gasteiger partial charge in [-0.05, 0) is 64.4 Å². The zero-order valence-corrected chi connectivity index (χ0v) is 37.1. The predicted octanol–water partition coefficient (Wildman–Crippen LogP) is 3.17. The summed E-state index contributed by atoms with van der Waals surface area (Å²) >= 11 is 0. The molecule has 1 aliphatic heterocycles. The predicted molar refractivity (Wildman–Crippen MR) is 215 cm³/mol. The summed E-state index contributed by atoms with van der Waals surface area (Å²) in [4.78, 5) is 71.8. The maximum atomic E-state index is 12.3. The van der Waals surface area contributed by atoms with E-state index in [0.717, 1.165) is 10.8 Å². The molecule has 26 heteroatoms. The van der Waals surface area contributed by atoms with Crippen molar-refractivity contribution in [1.82, 2.24) is 24.3 Å². The third kappa shape index (κ3) is 25.7. The Labute approximate surface area is 334 Å². The number of aromatic amines is 1. The van der Waals surface area contributed by atoms with Gasteiger partial charge in [-0.3, -0.25) is 18.9 Å². The van der Waals surface area contributed by atoms with Crippen LogP contribution in [0, 0.1) is 11.8 Å². The lowest BCUT2D eigenvalue weighted by Crippen LogP contribution is -2.33. The molecule has 2 unspecified atom stereocenters. The van der Waals surface area contributed by atoms with Crippen molar-refractivity contribution < 1.29 is 55.9 Å². The van der Waals surface area contributed by atoms with Gasteiger partial charge in [0, 0.05) is 17.5 Å². The number of hydrogen-bond acceptors (Lipinski definition) is 15. The second kappa shape index (κ2) is 30.7. The Morgan fingerprint density at radius 1 is 0.877 bits per heavy atom. The van der Waals surface area contributed by atoms with Crippen molar-refractivity contribution in [2.45, 2.75) is 87.2 Å². The van der Waals surface area contributed by atoms with Crippen molar-refractivity contribution in [3.63, 3.8) is 0 Å². The van der Waals surface area contributed by atoms with Gasteiger partial charge in [0.25, 0.3) is 5.56 Å². The number of ether oxygens (including phenoxy) is 2. The standard InChI is InChI=1S/C13H19N6O14P3.3C6H15N/c14-3-1-2-8-5-19(13(21)17-12(8)20)11-4-9(29-7-16-18-15)10(31-11)6-30-35(25,26)33-36(27,28)32-34(22,23)24;3*1-4-7(5-2)6-3/h5,9-11H,3-4,6-7,14H2,(H,25,26)(H,27,28)(H,17,20,21)(H2,22,23,24);3*4-6H2,1-3H3/t9-,10+,11+;;;/m0.../s1. The van der Waals surface area contributed by atoms with E-state index in [1.807, 2.05) is 4.98 Å². The maximum absolute atomic E-state index is 12.3. The summed E-state index contributed by atoms with van der Waals surface area (Å²) in [7, 11) is -16.8. The van der Waals surface area contributed by atoms with Crippen molar-refractivity contribution >= 4 is 23.5 Å². The highest BCUT2D eigenvalue weighted by atomic mass is 31.3. The number of nitrogens with zero attached hydrogens (tertiary/aromatic N) is 7. The van der Waals surface area contributed by atoms with E-state index < -0.39 is 66.5 Å². The lowest BCUT2D eigenvalue weighted by Gasteiger charge is -2.20. The summed E-state index contributed by atoms with van der Waals surface area (Å²) in [6.45, 7) is 28.9. The number of nitrogens with one attached hydrogen (secondary N) is 1. The highest BCUT2D eigenvalue weighted by molar-refractivity contribution is 7.66. The average Bonchev–Trinajstić information content (AvgIpc) is 3.54. The number of hydrogen-bond donors (Lipinski definition) is 6. The highest BCUT2D eigenvalue weighted by Crippen LogP contribution is 2.66. The molecule has 57 heavy (non-hydrogen) atoms. The quantitative estimate of drug-likeness (QED) is 0.0360. The van der Waals surface area contributed by atoms with Crippen LogP contribution in [0.4, 0.5) is 0 Å². The van der Waals surface area contributed by atoms with Gasteiger partial charge in [-0.25, -0.2) is 18.5 Å². The number of aromatic nitrogens is 2. The maximum Gasteiger partial charge on any atom is 0.490 e. The van der Waals surface area contributed by atoms with E-state index in [1.54, 1.807) is 0 Å². The Bertz CT molecular complexity index is 1590. The van der Waals surface area contributed by atoms with Crippen molar-refractivity contribution in [3.05, 3.63) is 43.0 Å². The first kappa shape index (κ1) is 56.8. The molecular formula is C31H64N9O14P3. The van der Waals surface area contributed by atoms with E-state index in [0.29, 0.717) is 0 Å². The van der Waals surface area contributed by atoms with Crippen LogP contribution < -0.4 is 17.0 Å². The molecule has 1 aromatic heterocycles. The molecule has 1 fully saturated rings. The van der Waals surface area contributed by atoms with E-state index in [-0.39, 0.29) is 18.5 Å². The number of nitrogens with two attached hydrogens (primary N) is 1. The van der Waals surface area contributed by atoms with Gasteiger partial charge in [-0.1, -0.05) is 79.3 Å². The summed E-state index contributed by atoms with van der Waals surface area (Å²) in [6.07, 6.45) is -2.61. The zero-order valence-electron chi connectivity index (χ0n) is 34.4. The number of phosphoric acid groups is 3. The van der Waals surface area contributed by atoms with Crippen molar-refractivity contribution in [2.24, 2.45) is 10.8 Å². The third-order valence-corrected chi connectivity index (χ3v) is 11.8. The van der Waals surface area contributed by atoms with Crippen molar-refractivity contribution in [2.75, 3.05) is 78.8 Å². The number of phosphoric ester groups is 1. The Kier molecular flexibility index (Phi) is 30.6. The van der Waals surface area contributed by atoms with E-state index in [2.05, 4.69) is 112 Å². The topological polar surface area (TPSA) is 318 Å². The summed E-state index contributed by atoms with van der Waals surface area (Å²) in [6, 6.07) is 0. The fourth-order valence-electron chi connectivity index (χ4n) is 4.77. The Morgan fingerprint density at radius 3 is 1.74 bits per heavy atom. The van der Waals surface area contributed by atoms with Gasteiger partial charge in [-0.2, -0.15) is 8.62 Å². The molecule has 0 aromatic carbocycles. The molecule has 0 saturated carbocycles. The normalized spacial score (nSPS) is 18.4.